The number of ether oxygens (including phenoxy) is 2. The number of rotatable bonds is 9. The van der Waals surface area contributed by atoms with E-state index in [0.717, 1.165) is 22.0 Å². The van der Waals surface area contributed by atoms with Crippen molar-refractivity contribution in [1.29, 1.82) is 0 Å². The van der Waals surface area contributed by atoms with Crippen molar-refractivity contribution in [2.45, 2.75) is 11.4 Å². The van der Waals surface area contributed by atoms with Crippen LogP contribution in [0.5, 0.6) is 11.5 Å². The second kappa shape index (κ2) is 10.5. The maximum atomic E-state index is 13.7. The zero-order valence-electron chi connectivity index (χ0n) is 17.9. The SMILES string of the molecule is COc1ccc(S(=O)(=O)N(CC(=O)NCc2ccccc2)c2ccc(F)c(Cl)c2)cc1OC. The zero-order valence-corrected chi connectivity index (χ0v) is 19.5. The lowest BCUT2D eigenvalue weighted by Crippen LogP contribution is -2.40. The van der Waals surface area contributed by atoms with E-state index >= 15 is 0 Å². The van der Waals surface area contributed by atoms with Crippen molar-refractivity contribution in [3.05, 3.63) is 83.1 Å². The summed E-state index contributed by atoms with van der Waals surface area (Å²) in [4.78, 5) is 12.5. The van der Waals surface area contributed by atoms with Gasteiger partial charge < -0.3 is 14.8 Å². The fraction of sp³-hybridized carbons (Fsp3) is 0.174. The Bertz CT molecular complexity index is 1240. The lowest BCUT2D eigenvalue weighted by Gasteiger charge is -2.25. The number of carbonyl (C=O) groups excluding carboxylic acids is 1. The van der Waals surface area contributed by atoms with Crippen LogP contribution in [0.2, 0.25) is 5.02 Å². The van der Waals surface area contributed by atoms with Gasteiger partial charge in [0.2, 0.25) is 5.91 Å². The molecule has 1 N–H and O–H groups in total. The lowest BCUT2D eigenvalue weighted by molar-refractivity contribution is -0.119. The number of nitrogens with zero attached hydrogens (tertiary/aromatic N) is 1. The molecule has 0 spiro atoms. The summed E-state index contributed by atoms with van der Waals surface area (Å²) in [5.74, 6) is -0.724. The Balaban J connectivity index is 1.95. The van der Waals surface area contributed by atoms with E-state index in [2.05, 4.69) is 5.32 Å². The molecule has 0 bridgehead atoms. The summed E-state index contributed by atoms with van der Waals surface area (Å²) < 4.78 is 52.0. The van der Waals surface area contributed by atoms with Crippen molar-refractivity contribution < 1.29 is 27.1 Å². The summed E-state index contributed by atoms with van der Waals surface area (Å²) in [6.07, 6.45) is 0. The smallest absolute Gasteiger partial charge is 0.264 e. The van der Waals surface area contributed by atoms with Gasteiger partial charge in [-0.15, -0.1) is 0 Å². The largest absolute Gasteiger partial charge is 0.493 e. The first-order chi connectivity index (χ1) is 15.8. The minimum absolute atomic E-state index is 0.0334. The minimum Gasteiger partial charge on any atom is -0.493 e. The average Bonchev–Trinajstić information content (AvgIpc) is 2.83. The van der Waals surface area contributed by atoms with Crippen LogP contribution in [0, 0.1) is 5.82 Å². The number of sulfonamides is 1. The highest BCUT2D eigenvalue weighted by molar-refractivity contribution is 7.92. The molecule has 1 amide bonds. The molecule has 0 aliphatic heterocycles. The molecular weight excluding hydrogens is 471 g/mol. The summed E-state index contributed by atoms with van der Waals surface area (Å²) in [7, 11) is -1.46. The third-order valence-electron chi connectivity index (χ3n) is 4.75. The topological polar surface area (TPSA) is 84.9 Å². The summed E-state index contributed by atoms with van der Waals surface area (Å²) >= 11 is 5.89. The second-order valence-corrected chi connectivity index (χ2v) is 9.16. The van der Waals surface area contributed by atoms with Crippen molar-refractivity contribution in [3.63, 3.8) is 0 Å². The van der Waals surface area contributed by atoms with E-state index in [1.54, 1.807) is 0 Å². The Morgan fingerprint density at radius 3 is 2.33 bits per heavy atom. The Labute approximate surface area is 196 Å². The first-order valence-electron chi connectivity index (χ1n) is 9.76. The van der Waals surface area contributed by atoms with Crippen LogP contribution in [0.25, 0.3) is 0 Å². The van der Waals surface area contributed by atoms with Crippen molar-refractivity contribution in [3.8, 4) is 11.5 Å². The van der Waals surface area contributed by atoms with Gasteiger partial charge >= 0.3 is 0 Å². The monoisotopic (exact) mass is 492 g/mol. The van der Waals surface area contributed by atoms with E-state index in [1.807, 2.05) is 30.3 Å². The number of amides is 1. The van der Waals surface area contributed by atoms with Gasteiger partial charge in [0, 0.05) is 12.6 Å². The maximum absolute atomic E-state index is 13.7. The lowest BCUT2D eigenvalue weighted by atomic mass is 10.2. The molecule has 0 fully saturated rings. The molecule has 0 atom stereocenters. The van der Waals surface area contributed by atoms with E-state index in [9.17, 15) is 17.6 Å². The second-order valence-electron chi connectivity index (χ2n) is 6.89. The summed E-state index contributed by atoms with van der Waals surface area (Å²) in [5.41, 5.74) is 0.885. The van der Waals surface area contributed by atoms with Crippen LogP contribution in [0.15, 0.2) is 71.6 Å². The number of benzene rings is 3. The maximum Gasteiger partial charge on any atom is 0.264 e. The normalized spacial score (nSPS) is 11.0. The summed E-state index contributed by atoms with van der Waals surface area (Å²) in [6.45, 7) is -0.334. The van der Waals surface area contributed by atoms with Gasteiger partial charge in [0.1, 0.15) is 12.4 Å². The van der Waals surface area contributed by atoms with Crippen molar-refractivity contribution in [1.82, 2.24) is 5.32 Å². The molecule has 0 saturated carbocycles. The molecule has 7 nitrogen and oxygen atoms in total. The van der Waals surface area contributed by atoms with E-state index < -0.39 is 28.3 Å². The number of halogens is 2. The summed E-state index contributed by atoms with van der Waals surface area (Å²) in [5, 5.41) is 2.42. The van der Waals surface area contributed by atoms with Gasteiger partial charge in [-0.3, -0.25) is 9.10 Å². The standard InChI is InChI=1S/C23H22ClFN2O5S/c1-31-21-11-9-18(13-22(21)32-2)33(29,30)27(17-8-10-20(25)19(24)12-17)15-23(28)26-14-16-6-4-3-5-7-16/h3-13H,14-15H2,1-2H3,(H,26,28). The number of hydrogen-bond acceptors (Lipinski definition) is 5. The van der Waals surface area contributed by atoms with Crippen LogP contribution in [0.1, 0.15) is 5.56 Å². The number of anilines is 1. The van der Waals surface area contributed by atoms with E-state index in [-0.39, 0.29) is 27.9 Å². The molecule has 0 aliphatic carbocycles. The number of carbonyl (C=O) groups is 1. The quantitative estimate of drug-likeness (QED) is 0.488. The van der Waals surface area contributed by atoms with Gasteiger partial charge in [-0.05, 0) is 35.9 Å². The molecule has 3 aromatic rings. The number of hydrogen-bond donors (Lipinski definition) is 1. The van der Waals surface area contributed by atoms with Crippen LogP contribution in [-0.2, 0) is 21.4 Å². The molecule has 0 aliphatic rings. The molecule has 0 aromatic heterocycles. The highest BCUT2D eigenvalue weighted by Gasteiger charge is 2.29. The molecule has 174 valence electrons. The first kappa shape index (κ1) is 24.3. The van der Waals surface area contributed by atoms with Gasteiger partial charge in [0.05, 0.1) is 29.8 Å². The van der Waals surface area contributed by atoms with E-state index in [4.69, 9.17) is 21.1 Å². The van der Waals surface area contributed by atoms with E-state index in [1.165, 1.54) is 38.5 Å². The van der Waals surface area contributed by atoms with Gasteiger partial charge in [0.15, 0.2) is 11.5 Å². The third kappa shape index (κ3) is 5.74. The fourth-order valence-electron chi connectivity index (χ4n) is 3.04. The Morgan fingerprint density at radius 1 is 1.00 bits per heavy atom. The van der Waals surface area contributed by atoms with Gasteiger partial charge in [-0.1, -0.05) is 41.9 Å². The van der Waals surface area contributed by atoms with Crippen LogP contribution in [0.3, 0.4) is 0 Å². The van der Waals surface area contributed by atoms with Gasteiger partial charge in [-0.25, -0.2) is 12.8 Å². The molecule has 0 unspecified atom stereocenters. The summed E-state index contributed by atoms with van der Waals surface area (Å²) in [6, 6.07) is 16.7. The van der Waals surface area contributed by atoms with Crippen molar-refractivity contribution >= 4 is 33.2 Å². The molecule has 3 rings (SSSR count). The Morgan fingerprint density at radius 2 is 1.70 bits per heavy atom. The average molecular weight is 493 g/mol. The van der Waals surface area contributed by atoms with Crippen molar-refractivity contribution in [2.75, 3.05) is 25.1 Å². The van der Waals surface area contributed by atoms with Crippen LogP contribution < -0.4 is 19.1 Å². The minimum atomic E-state index is -4.26. The van der Waals surface area contributed by atoms with E-state index in [0.29, 0.717) is 5.75 Å². The first-order valence-corrected chi connectivity index (χ1v) is 11.6. The third-order valence-corrected chi connectivity index (χ3v) is 6.81. The van der Waals surface area contributed by atoms with Crippen LogP contribution >= 0.6 is 11.6 Å². The fourth-order valence-corrected chi connectivity index (χ4v) is 4.65. The van der Waals surface area contributed by atoms with Crippen LogP contribution in [0.4, 0.5) is 10.1 Å². The molecule has 3 aromatic carbocycles. The number of methoxy groups -OCH3 is 2. The highest BCUT2D eigenvalue weighted by atomic mass is 35.5. The Kier molecular flexibility index (Phi) is 7.78. The van der Waals surface area contributed by atoms with Crippen molar-refractivity contribution in [2.24, 2.45) is 0 Å². The van der Waals surface area contributed by atoms with Crippen LogP contribution in [-0.4, -0.2) is 35.1 Å². The molecule has 0 radical (unpaired) electrons. The predicted octanol–water partition coefficient (Wildman–Crippen LogP) is 4.01. The zero-order chi connectivity index (χ0) is 24.0. The van der Waals surface area contributed by atoms with Gasteiger partial charge in [0.25, 0.3) is 10.0 Å². The van der Waals surface area contributed by atoms with Gasteiger partial charge in [-0.2, -0.15) is 0 Å². The molecule has 0 saturated heterocycles. The predicted molar refractivity (Wildman–Crippen MR) is 124 cm³/mol. The molecular formula is C23H22ClFN2O5S. The number of nitrogens with one attached hydrogen (secondary N) is 1. The Hall–Kier alpha value is -3.30. The molecule has 10 heteroatoms. The molecule has 0 heterocycles. The molecule has 33 heavy (non-hydrogen) atoms. The highest BCUT2D eigenvalue weighted by Crippen LogP contribution is 2.33.